The van der Waals surface area contributed by atoms with Crippen molar-refractivity contribution >= 4 is 17.0 Å². The van der Waals surface area contributed by atoms with Gasteiger partial charge in [0, 0.05) is 13.1 Å². The molecule has 0 atom stereocenters. The van der Waals surface area contributed by atoms with E-state index in [1.165, 1.54) is 38.5 Å². The first-order valence-electron chi connectivity index (χ1n) is 6.66. The van der Waals surface area contributed by atoms with Gasteiger partial charge in [-0.25, -0.2) is 0 Å². The molecule has 0 radical (unpaired) electrons. The fourth-order valence-electron chi connectivity index (χ4n) is 1.75. The van der Waals surface area contributed by atoms with E-state index in [2.05, 4.69) is 13.8 Å². The maximum atomic E-state index is 11.2. The summed E-state index contributed by atoms with van der Waals surface area (Å²) in [7, 11) is 0. The number of nitrogens with zero attached hydrogens (tertiary/aromatic N) is 1. The highest BCUT2D eigenvalue weighted by Crippen LogP contribution is 2.07. The Morgan fingerprint density at radius 2 is 1.31 bits per heavy atom. The number of hydrogen-bond donors (Lipinski definition) is 0. The van der Waals surface area contributed by atoms with E-state index in [1.54, 1.807) is 4.90 Å². The van der Waals surface area contributed by atoms with Gasteiger partial charge in [0.15, 0.2) is 0 Å². The van der Waals surface area contributed by atoms with Crippen molar-refractivity contribution in [2.24, 2.45) is 0 Å². The predicted molar refractivity (Wildman–Crippen MR) is 71.1 cm³/mol. The van der Waals surface area contributed by atoms with Gasteiger partial charge < -0.3 is 4.90 Å². The van der Waals surface area contributed by atoms with E-state index in [9.17, 15) is 4.79 Å². The average molecular weight is 248 g/mol. The largest absolute Gasteiger partial charge is 0.329 e. The Hall–Kier alpha value is -0.240. The molecule has 0 rings (SSSR count). The smallest absolute Gasteiger partial charge is 0.316 e. The van der Waals surface area contributed by atoms with Gasteiger partial charge >= 0.3 is 5.37 Å². The fraction of sp³-hybridized carbons (Fsp3) is 0.923. The molecule has 0 aliphatic heterocycles. The molecule has 0 aromatic rings. The van der Waals surface area contributed by atoms with E-state index in [-0.39, 0.29) is 5.37 Å². The third-order valence-electron chi connectivity index (χ3n) is 2.81. The minimum Gasteiger partial charge on any atom is -0.329 e. The second-order valence-corrected chi connectivity index (χ2v) is 4.68. The van der Waals surface area contributed by atoms with Gasteiger partial charge in [-0.3, -0.25) is 4.79 Å². The summed E-state index contributed by atoms with van der Waals surface area (Å²) in [5, 5.41) is -0.284. The number of halogens is 1. The molecule has 0 aromatic carbocycles. The maximum Gasteiger partial charge on any atom is 0.316 e. The van der Waals surface area contributed by atoms with E-state index >= 15 is 0 Å². The maximum absolute atomic E-state index is 11.2. The molecule has 2 nitrogen and oxygen atoms in total. The first-order valence-corrected chi connectivity index (χ1v) is 7.04. The quantitative estimate of drug-likeness (QED) is 0.308. The van der Waals surface area contributed by atoms with E-state index in [1.807, 2.05) is 0 Å². The lowest BCUT2D eigenvalue weighted by Gasteiger charge is -2.19. The molecule has 0 aliphatic rings. The van der Waals surface area contributed by atoms with Gasteiger partial charge in [-0.05, 0) is 24.4 Å². The summed E-state index contributed by atoms with van der Waals surface area (Å²) in [6.07, 6.45) is 9.52. The summed E-state index contributed by atoms with van der Waals surface area (Å²) in [5.41, 5.74) is 0. The minimum absolute atomic E-state index is 0.284. The number of amides is 1. The van der Waals surface area contributed by atoms with Gasteiger partial charge in [0.1, 0.15) is 0 Å². The topological polar surface area (TPSA) is 20.3 Å². The van der Waals surface area contributed by atoms with Crippen molar-refractivity contribution in [3.05, 3.63) is 0 Å². The molecule has 0 saturated heterocycles. The zero-order chi connectivity index (χ0) is 12.2. The number of carbonyl (C=O) groups is 1. The molecule has 3 heteroatoms. The third-order valence-corrected chi connectivity index (χ3v) is 3.05. The number of rotatable bonds is 10. The summed E-state index contributed by atoms with van der Waals surface area (Å²) in [4.78, 5) is 12.9. The standard InChI is InChI=1S/C13H26ClNO/c1-3-5-7-9-11-15(13(14)16)12-10-8-6-4-2/h3-12H2,1-2H3. The van der Waals surface area contributed by atoms with Gasteiger partial charge in [0.2, 0.25) is 0 Å². The molecule has 1 amide bonds. The van der Waals surface area contributed by atoms with Gasteiger partial charge in [0.05, 0.1) is 0 Å². The van der Waals surface area contributed by atoms with Crippen LogP contribution in [-0.4, -0.2) is 23.4 Å². The van der Waals surface area contributed by atoms with Crippen LogP contribution in [0.25, 0.3) is 0 Å². The van der Waals surface area contributed by atoms with Crippen LogP contribution >= 0.6 is 11.6 Å². The predicted octanol–water partition coefficient (Wildman–Crippen LogP) is 4.81. The van der Waals surface area contributed by atoms with Gasteiger partial charge in [-0.1, -0.05) is 52.4 Å². The van der Waals surface area contributed by atoms with Crippen LogP contribution in [0, 0.1) is 0 Å². The van der Waals surface area contributed by atoms with Crippen LogP contribution in [0.2, 0.25) is 0 Å². The third kappa shape index (κ3) is 9.02. The molecule has 0 aliphatic carbocycles. The second-order valence-electron chi connectivity index (χ2n) is 4.36. The molecule has 0 heterocycles. The van der Waals surface area contributed by atoms with Crippen molar-refractivity contribution in [1.29, 1.82) is 0 Å². The molecule has 96 valence electrons. The molecule has 0 saturated carbocycles. The van der Waals surface area contributed by atoms with Crippen molar-refractivity contribution in [1.82, 2.24) is 4.90 Å². The Morgan fingerprint density at radius 1 is 0.875 bits per heavy atom. The van der Waals surface area contributed by atoms with Gasteiger partial charge in [0.25, 0.3) is 0 Å². The Labute approximate surface area is 105 Å². The summed E-state index contributed by atoms with van der Waals surface area (Å²) in [5.74, 6) is 0. The van der Waals surface area contributed by atoms with Crippen molar-refractivity contribution < 1.29 is 4.79 Å². The normalized spacial score (nSPS) is 10.4. The van der Waals surface area contributed by atoms with Gasteiger partial charge in [-0.2, -0.15) is 0 Å². The van der Waals surface area contributed by atoms with E-state index < -0.39 is 0 Å². The number of unbranched alkanes of at least 4 members (excludes halogenated alkanes) is 6. The summed E-state index contributed by atoms with van der Waals surface area (Å²) in [6.45, 7) is 6.04. The molecule has 16 heavy (non-hydrogen) atoms. The van der Waals surface area contributed by atoms with Crippen LogP contribution in [0.4, 0.5) is 4.79 Å². The molecule has 0 fully saturated rings. The van der Waals surface area contributed by atoms with Crippen molar-refractivity contribution in [2.75, 3.05) is 13.1 Å². The number of carbonyl (C=O) groups excluding carboxylic acids is 1. The van der Waals surface area contributed by atoms with Crippen LogP contribution in [-0.2, 0) is 0 Å². The van der Waals surface area contributed by atoms with Gasteiger partial charge in [-0.15, -0.1) is 0 Å². The molecule has 0 unspecified atom stereocenters. The molecule has 0 N–H and O–H groups in total. The van der Waals surface area contributed by atoms with Crippen molar-refractivity contribution in [3.8, 4) is 0 Å². The van der Waals surface area contributed by atoms with E-state index in [0.717, 1.165) is 25.9 Å². The minimum atomic E-state index is -0.284. The molecule has 0 spiro atoms. The molecular formula is C13H26ClNO. The van der Waals surface area contributed by atoms with E-state index in [4.69, 9.17) is 11.6 Å². The van der Waals surface area contributed by atoms with Crippen molar-refractivity contribution in [2.45, 2.75) is 65.2 Å². The number of hydrogen-bond acceptors (Lipinski definition) is 1. The van der Waals surface area contributed by atoms with Crippen LogP contribution in [0.3, 0.4) is 0 Å². The van der Waals surface area contributed by atoms with E-state index in [0.29, 0.717) is 0 Å². The molecular weight excluding hydrogens is 222 g/mol. The lowest BCUT2D eigenvalue weighted by molar-refractivity contribution is 0.219. The highest BCUT2D eigenvalue weighted by Gasteiger charge is 2.09. The lowest BCUT2D eigenvalue weighted by atomic mass is 10.2. The molecule has 0 aromatic heterocycles. The summed E-state index contributed by atoms with van der Waals surface area (Å²) in [6, 6.07) is 0. The highest BCUT2D eigenvalue weighted by atomic mass is 35.5. The van der Waals surface area contributed by atoms with Crippen molar-refractivity contribution in [3.63, 3.8) is 0 Å². The van der Waals surface area contributed by atoms with Crippen LogP contribution < -0.4 is 0 Å². The fourth-order valence-corrected chi connectivity index (χ4v) is 1.92. The SMILES string of the molecule is CCCCCCN(CCCCCC)C(=O)Cl. The Bertz CT molecular complexity index is 161. The summed E-state index contributed by atoms with van der Waals surface area (Å²) >= 11 is 5.56. The Kier molecular flexibility index (Phi) is 11.1. The van der Waals surface area contributed by atoms with Crippen LogP contribution in [0.1, 0.15) is 65.2 Å². The van der Waals surface area contributed by atoms with Crippen LogP contribution in [0.5, 0.6) is 0 Å². The first kappa shape index (κ1) is 15.8. The average Bonchev–Trinajstić information content (AvgIpc) is 2.26. The highest BCUT2D eigenvalue weighted by molar-refractivity contribution is 6.62. The second kappa shape index (κ2) is 11.3. The zero-order valence-corrected chi connectivity index (χ0v) is 11.6. The Balaban J connectivity index is 3.59. The Morgan fingerprint density at radius 3 is 1.62 bits per heavy atom. The lowest BCUT2D eigenvalue weighted by Crippen LogP contribution is -2.28. The molecule has 0 bridgehead atoms. The van der Waals surface area contributed by atoms with Crippen LogP contribution in [0.15, 0.2) is 0 Å². The first-order chi connectivity index (χ1) is 7.72. The monoisotopic (exact) mass is 247 g/mol. The zero-order valence-electron chi connectivity index (χ0n) is 10.8. The summed E-state index contributed by atoms with van der Waals surface area (Å²) < 4.78 is 0.